The molecule has 1 aromatic heterocycles. The molecular weight excluding hydrogens is 252 g/mol. The molecule has 1 atom stereocenters. The molecule has 1 fully saturated rings. The molecule has 2 rings (SSSR count). The molecule has 1 aromatic rings. The van der Waals surface area contributed by atoms with Gasteiger partial charge >= 0.3 is 0 Å². The molecule has 0 unspecified atom stereocenters. The maximum atomic E-state index is 12.3. The highest BCUT2D eigenvalue weighted by Gasteiger charge is 2.27. The third-order valence-corrected chi connectivity index (χ3v) is 3.71. The number of carbonyl (C=O) groups is 1. The summed E-state index contributed by atoms with van der Waals surface area (Å²) in [5, 5.41) is 0. The van der Waals surface area contributed by atoms with Crippen molar-refractivity contribution >= 4 is 5.91 Å². The quantitative estimate of drug-likeness (QED) is 0.807. The van der Waals surface area contributed by atoms with E-state index in [2.05, 4.69) is 21.8 Å². The average Bonchev–Trinajstić information content (AvgIpc) is 2.61. The molecule has 1 saturated heterocycles. The van der Waals surface area contributed by atoms with Crippen molar-refractivity contribution in [2.45, 2.75) is 6.54 Å². The Hall–Kier alpha value is -1.46. The molecule has 0 spiro atoms. The fourth-order valence-corrected chi connectivity index (χ4v) is 2.63. The van der Waals surface area contributed by atoms with Gasteiger partial charge in [-0.1, -0.05) is 6.07 Å². The standard InChI is InChI=1S/C15H24N4O/c1-17(2)15(20)13-10-18(3)8-9-19(11-13)12-14-6-4-5-7-16-14/h4-7,13H,8-12H2,1-3H3/t13-/m1/s1. The van der Waals surface area contributed by atoms with Gasteiger partial charge in [-0.05, 0) is 19.2 Å². The van der Waals surface area contributed by atoms with Crippen molar-refractivity contribution < 1.29 is 4.79 Å². The van der Waals surface area contributed by atoms with Gasteiger partial charge in [0.15, 0.2) is 0 Å². The van der Waals surface area contributed by atoms with Gasteiger partial charge in [-0.3, -0.25) is 14.7 Å². The van der Waals surface area contributed by atoms with E-state index in [4.69, 9.17) is 0 Å². The Kier molecular flexibility index (Phi) is 5.09. The van der Waals surface area contributed by atoms with Crippen molar-refractivity contribution in [2.24, 2.45) is 5.92 Å². The summed E-state index contributed by atoms with van der Waals surface area (Å²) >= 11 is 0. The van der Waals surface area contributed by atoms with Crippen LogP contribution in [-0.4, -0.2) is 72.9 Å². The second-order valence-electron chi connectivity index (χ2n) is 5.75. The van der Waals surface area contributed by atoms with E-state index in [1.54, 1.807) is 4.90 Å². The summed E-state index contributed by atoms with van der Waals surface area (Å²) in [5.74, 6) is 0.256. The summed E-state index contributed by atoms with van der Waals surface area (Å²) in [6.07, 6.45) is 1.82. The minimum atomic E-state index is 0.0428. The zero-order valence-electron chi connectivity index (χ0n) is 12.6. The van der Waals surface area contributed by atoms with Crippen LogP contribution in [0.15, 0.2) is 24.4 Å². The van der Waals surface area contributed by atoms with Gasteiger partial charge in [0.25, 0.3) is 0 Å². The van der Waals surface area contributed by atoms with Crippen LogP contribution in [0, 0.1) is 5.92 Å². The largest absolute Gasteiger partial charge is 0.348 e. The van der Waals surface area contributed by atoms with Crippen LogP contribution in [0.4, 0.5) is 0 Å². The molecule has 2 heterocycles. The Morgan fingerprint density at radius 3 is 2.80 bits per heavy atom. The van der Waals surface area contributed by atoms with Crippen LogP contribution < -0.4 is 0 Å². The number of amides is 1. The number of rotatable bonds is 3. The maximum absolute atomic E-state index is 12.3. The van der Waals surface area contributed by atoms with Gasteiger partial charge < -0.3 is 9.80 Å². The highest BCUT2D eigenvalue weighted by molar-refractivity contribution is 5.78. The first kappa shape index (κ1) is 14.9. The molecule has 1 aliphatic heterocycles. The summed E-state index contributed by atoms with van der Waals surface area (Å²) < 4.78 is 0. The molecule has 5 heteroatoms. The van der Waals surface area contributed by atoms with Gasteiger partial charge in [0.05, 0.1) is 11.6 Å². The summed E-state index contributed by atoms with van der Waals surface area (Å²) in [7, 11) is 5.74. The lowest BCUT2D eigenvalue weighted by Crippen LogP contribution is -2.40. The third kappa shape index (κ3) is 4.02. The molecule has 1 aliphatic rings. The van der Waals surface area contributed by atoms with Gasteiger partial charge in [0.2, 0.25) is 5.91 Å². The van der Waals surface area contributed by atoms with Crippen molar-refractivity contribution in [3.05, 3.63) is 30.1 Å². The van der Waals surface area contributed by atoms with Crippen molar-refractivity contribution in [1.29, 1.82) is 0 Å². The molecule has 0 N–H and O–H groups in total. The smallest absolute Gasteiger partial charge is 0.227 e. The predicted octanol–water partition coefficient (Wildman–Crippen LogP) is 0.533. The van der Waals surface area contributed by atoms with Gasteiger partial charge in [-0.15, -0.1) is 0 Å². The maximum Gasteiger partial charge on any atom is 0.227 e. The molecule has 0 aromatic carbocycles. The first-order valence-electron chi connectivity index (χ1n) is 7.08. The molecule has 110 valence electrons. The summed E-state index contributed by atoms with van der Waals surface area (Å²) in [6, 6.07) is 5.98. The topological polar surface area (TPSA) is 39.7 Å². The second kappa shape index (κ2) is 6.81. The Balaban J connectivity index is 2.04. The molecule has 0 aliphatic carbocycles. The number of nitrogens with zero attached hydrogens (tertiary/aromatic N) is 4. The molecule has 20 heavy (non-hydrogen) atoms. The zero-order chi connectivity index (χ0) is 14.5. The number of hydrogen-bond donors (Lipinski definition) is 0. The number of likely N-dealkylation sites (N-methyl/N-ethyl adjacent to an activating group) is 1. The first-order chi connectivity index (χ1) is 9.56. The molecule has 1 amide bonds. The summed E-state index contributed by atoms with van der Waals surface area (Å²) in [4.78, 5) is 22.9. The van der Waals surface area contributed by atoms with Crippen molar-refractivity contribution in [3.63, 3.8) is 0 Å². The Morgan fingerprint density at radius 2 is 2.15 bits per heavy atom. The lowest BCUT2D eigenvalue weighted by molar-refractivity contribution is -0.133. The van der Waals surface area contributed by atoms with Crippen LogP contribution in [0.3, 0.4) is 0 Å². The average molecular weight is 276 g/mol. The molecule has 0 radical (unpaired) electrons. The third-order valence-electron chi connectivity index (χ3n) is 3.71. The van der Waals surface area contributed by atoms with Gasteiger partial charge in [-0.2, -0.15) is 0 Å². The number of aromatic nitrogens is 1. The predicted molar refractivity (Wildman–Crippen MR) is 79.2 cm³/mol. The van der Waals surface area contributed by atoms with Crippen molar-refractivity contribution in [1.82, 2.24) is 19.7 Å². The SMILES string of the molecule is CN1CCN(Cc2ccccn2)C[C@H](C(=O)N(C)C)C1. The van der Waals surface area contributed by atoms with Crippen molar-refractivity contribution in [3.8, 4) is 0 Å². The van der Waals surface area contributed by atoms with E-state index in [0.717, 1.165) is 38.4 Å². The van der Waals surface area contributed by atoms with E-state index >= 15 is 0 Å². The van der Waals surface area contributed by atoms with Crippen LogP contribution >= 0.6 is 0 Å². The van der Waals surface area contributed by atoms with Gasteiger partial charge in [0, 0.05) is 53.0 Å². The highest BCUT2D eigenvalue weighted by Crippen LogP contribution is 2.13. The minimum absolute atomic E-state index is 0.0428. The van der Waals surface area contributed by atoms with E-state index in [-0.39, 0.29) is 11.8 Å². The molecule has 5 nitrogen and oxygen atoms in total. The minimum Gasteiger partial charge on any atom is -0.348 e. The van der Waals surface area contributed by atoms with E-state index in [1.165, 1.54) is 0 Å². The van der Waals surface area contributed by atoms with Crippen LogP contribution in [-0.2, 0) is 11.3 Å². The monoisotopic (exact) mass is 276 g/mol. The summed E-state index contributed by atoms with van der Waals surface area (Å²) in [5.41, 5.74) is 1.06. The fourth-order valence-electron chi connectivity index (χ4n) is 2.63. The Bertz CT molecular complexity index is 435. The van der Waals surface area contributed by atoms with E-state index in [0.29, 0.717) is 0 Å². The van der Waals surface area contributed by atoms with E-state index in [9.17, 15) is 4.79 Å². The van der Waals surface area contributed by atoms with Crippen LogP contribution in [0.2, 0.25) is 0 Å². The van der Waals surface area contributed by atoms with Crippen LogP contribution in [0.25, 0.3) is 0 Å². The lowest BCUT2D eigenvalue weighted by atomic mass is 10.1. The normalized spacial score (nSPS) is 21.4. The number of pyridine rings is 1. The number of hydrogen-bond acceptors (Lipinski definition) is 4. The summed E-state index contributed by atoms with van der Waals surface area (Å²) in [6.45, 7) is 4.41. The van der Waals surface area contributed by atoms with Gasteiger partial charge in [0.1, 0.15) is 0 Å². The van der Waals surface area contributed by atoms with Gasteiger partial charge in [-0.25, -0.2) is 0 Å². The zero-order valence-corrected chi connectivity index (χ0v) is 12.6. The van der Waals surface area contributed by atoms with Crippen molar-refractivity contribution in [2.75, 3.05) is 47.3 Å². The molecule has 0 bridgehead atoms. The van der Waals surface area contributed by atoms with Crippen LogP contribution in [0.5, 0.6) is 0 Å². The Morgan fingerprint density at radius 1 is 1.35 bits per heavy atom. The highest BCUT2D eigenvalue weighted by atomic mass is 16.2. The molecule has 0 saturated carbocycles. The second-order valence-corrected chi connectivity index (χ2v) is 5.75. The molecular formula is C15H24N4O. The number of carbonyl (C=O) groups excluding carboxylic acids is 1. The Labute approximate surface area is 121 Å². The lowest BCUT2D eigenvalue weighted by Gasteiger charge is -2.25. The first-order valence-corrected chi connectivity index (χ1v) is 7.08. The van der Waals surface area contributed by atoms with E-state index in [1.807, 2.05) is 38.5 Å². The van der Waals surface area contributed by atoms with Crippen LogP contribution in [0.1, 0.15) is 5.69 Å². The fraction of sp³-hybridized carbons (Fsp3) is 0.600. The van der Waals surface area contributed by atoms with E-state index < -0.39 is 0 Å².